The summed E-state index contributed by atoms with van der Waals surface area (Å²) in [5, 5.41) is 21.5. The molecular formula is C12H13N3O6. The van der Waals surface area contributed by atoms with Crippen molar-refractivity contribution in [2.75, 3.05) is 0 Å². The highest BCUT2D eigenvalue weighted by Gasteiger charge is 2.35. The van der Waals surface area contributed by atoms with Crippen LogP contribution in [0.5, 0.6) is 0 Å². The summed E-state index contributed by atoms with van der Waals surface area (Å²) >= 11 is 0. The van der Waals surface area contributed by atoms with Gasteiger partial charge in [0.05, 0.1) is 21.8 Å². The number of nitro groups is 2. The van der Waals surface area contributed by atoms with Crippen LogP contribution in [0.1, 0.15) is 18.4 Å². The molecule has 9 heteroatoms. The fourth-order valence-corrected chi connectivity index (χ4v) is 2.03. The van der Waals surface area contributed by atoms with E-state index in [0.29, 0.717) is 6.42 Å². The van der Waals surface area contributed by atoms with Gasteiger partial charge in [-0.25, -0.2) is 0 Å². The Labute approximate surface area is 119 Å². The first-order valence-corrected chi connectivity index (χ1v) is 6.23. The fraction of sp³-hybridized carbons (Fsp3) is 0.417. The van der Waals surface area contributed by atoms with Gasteiger partial charge in [0.2, 0.25) is 0 Å². The number of benzene rings is 1. The summed E-state index contributed by atoms with van der Waals surface area (Å²) in [4.78, 5) is 31.7. The van der Waals surface area contributed by atoms with Gasteiger partial charge in [0, 0.05) is 23.7 Å². The van der Waals surface area contributed by atoms with E-state index in [0.717, 1.165) is 24.6 Å². The van der Waals surface area contributed by atoms with Gasteiger partial charge in [-0.2, -0.15) is 0 Å². The van der Waals surface area contributed by atoms with E-state index in [1.54, 1.807) is 0 Å². The maximum atomic E-state index is 11.7. The summed E-state index contributed by atoms with van der Waals surface area (Å²) in [6, 6.07) is 2.91. The second-order valence-electron chi connectivity index (χ2n) is 4.83. The van der Waals surface area contributed by atoms with Gasteiger partial charge < -0.3 is 10.5 Å². The normalized spacial score (nSPS) is 20.4. The van der Waals surface area contributed by atoms with Crippen LogP contribution in [-0.4, -0.2) is 21.9 Å². The average molecular weight is 295 g/mol. The van der Waals surface area contributed by atoms with Gasteiger partial charge in [0.25, 0.3) is 11.4 Å². The van der Waals surface area contributed by atoms with E-state index in [1.807, 2.05) is 0 Å². The van der Waals surface area contributed by atoms with Crippen molar-refractivity contribution in [2.24, 2.45) is 11.7 Å². The van der Waals surface area contributed by atoms with E-state index in [-0.39, 0.29) is 24.1 Å². The monoisotopic (exact) mass is 295 g/mol. The second kappa shape index (κ2) is 5.83. The van der Waals surface area contributed by atoms with Crippen LogP contribution in [0, 0.1) is 26.1 Å². The molecule has 1 aromatic carbocycles. The molecule has 0 amide bonds. The molecule has 112 valence electrons. The molecule has 1 aliphatic rings. The Bertz CT molecular complexity index is 570. The van der Waals surface area contributed by atoms with Crippen molar-refractivity contribution < 1.29 is 19.4 Å². The quantitative estimate of drug-likeness (QED) is 0.490. The Hall–Kier alpha value is -2.55. The number of carbonyl (C=O) groups is 1. The molecule has 2 N–H and O–H groups in total. The molecule has 0 saturated heterocycles. The maximum Gasteiger partial charge on any atom is 0.310 e. The van der Waals surface area contributed by atoms with Crippen molar-refractivity contribution in [1.82, 2.24) is 0 Å². The number of hydrogen-bond acceptors (Lipinski definition) is 7. The summed E-state index contributed by atoms with van der Waals surface area (Å²) in [5.41, 5.74) is 4.99. The van der Waals surface area contributed by atoms with Crippen molar-refractivity contribution in [1.29, 1.82) is 0 Å². The van der Waals surface area contributed by atoms with Crippen LogP contribution in [0.2, 0.25) is 0 Å². The fourth-order valence-electron chi connectivity index (χ4n) is 2.03. The van der Waals surface area contributed by atoms with Crippen LogP contribution < -0.4 is 5.73 Å². The lowest BCUT2D eigenvalue weighted by Gasteiger charge is -2.31. The number of ether oxygens (including phenoxy) is 1. The number of nitro benzene ring substituents is 2. The molecule has 0 aromatic heterocycles. The Morgan fingerprint density at radius 1 is 1.19 bits per heavy atom. The van der Waals surface area contributed by atoms with E-state index < -0.39 is 27.2 Å². The topological polar surface area (TPSA) is 139 Å². The minimum atomic E-state index is -0.736. The molecule has 0 heterocycles. The zero-order valence-electron chi connectivity index (χ0n) is 10.9. The second-order valence-corrected chi connectivity index (χ2v) is 4.83. The molecule has 9 nitrogen and oxygen atoms in total. The molecule has 1 fully saturated rings. The first-order valence-electron chi connectivity index (χ1n) is 6.23. The molecular weight excluding hydrogens is 282 g/mol. The third kappa shape index (κ3) is 3.31. The van der Waals surface area contributed by atoms with Gasteiger partial charge in [-0.05, 0) is 12.8 Å². The molecule has 21 heavy (non-hydrogen) atoms. The number of rotatable bonds is 5. The Kier molecular flexibility index (Phi) is 4.13. The predicted molar refractivity (Wildman–Crippen MR) is 70.2 cm³/mol. The molecule has 1 aromatic rings. The van der Waals surface area contributed by atoms with Crippen LogP contribution in [-0.2, 0) is 16.1 Å². The van der Waals surface area contributed by atoms with Gasteiger partial charge in [-0.3, -0.25) is 25.0 Å². The zero-order chi connectivity index (χ0) is 15.6. The van der Waals surface area contributed by atoms with Crippen molar-refractivity contribution in [3.05, 3.63) is 44.0 Å². The third-order valence-electron chi connectivity index (χ3n) is 3.40. The standard InChI is InChI=1S/C12H13N3O6/c13-11-2-1-10(11)12(16)21-6-7-3-8(14(17)18)5-9(4-7)15(19)20/h3-5,10-11H,1-2,6,13H2/t10-,11-/m0/s1. The van der Waals surface area contributed by atoms with Crippen molar-refractivity contribution >= 4 is 17.3 Å². The van der Waals surface area contributed by atoms with Crippen LogP contribution >= 0.6 is 0 Å². The Morgan fingerprint density at radius 3 is 2.14 bits per heavy atom. The highest BCUT2D eigenvalue weighted by atomic mass is 16.6. The summed E-state index contributed by atoms with van der Waals surface area (Å²) in [6.07, 6.45) is 1.40. The molecule has 0 radical (unpaired) electrons. The number of carbonyl (C=O) groups excluding carboxylic acids is 1. The van der Waals surface area contributed by atoms with E-state index in [9.17, 15) is 25.0 Å². The molecule has 0 spiro atoms. The van der Waals surface area contributed by atoms with Crippen LogP contribution in [0.3, 0.4) is 0 Å². The summed E-state index contributed by atoms with van der Waals surface area (Å²) < 4.78 is 5.01. The molecule has 2 atom stereocenters. The van der Waals surface area contributed by atoms with Gasteiger partial charge in [-0.1, -0.05) is 0 Å². The van der Waals surface area contributed by atoms with Gasteiger partial charge in [-0.15, -0.1) is 0 Å². The summed E-state index contributed by atoms with van der Waals surface area (Å²) in [5.74, 6) is -0.846. The number of nitrogens with zero attached hydrogens (tertiary/aromatic N) is 2. The molecule has 2 rings (SSSR count). The van der Waals surface area contributed by atoms with Crippen molar-refractivity contribution in [2.45, 2.75) is 25.5 Å². The number of esters is 1. The Balaban J connectivity index is 2.10. The van der Waals surface area contributed by atoms with Crippen LogP contribution in [0.15, 0.2) is 18.2 Å². The average Bonchev–Trinajstić information content (AvgIpc) is 2.43. The summed E-state index contributed by atoms with van der Waals surface area (Å²) in [6.45, 7) is -0.259. The van der Waals surface area contributed by atoms with E-state index in [1.165, 1.54) is 0 Å². The van der Waals surface area contributed by atoms with Crippen LogP contribution in [0.25, 0.3) is 0 Å². The number of nitrogens with two attached hydrogens (primary N) is 1. The molecule has 0 unspecified atom stereocenters. The molecule has 1 aliphatic carbocycles. The molecule has 0 bridgehead atoms. The largest absolute Gasteiger partial charge is 0.461 e. The minimum Gasteiger partial charge on any atom is -0.461 e. The summed E-state index contributed by atoms with van der Waals surface area (Å²) in [7, 11) is 0. The minimum absolute atomic E-state index is 0.192. The number of non-ortho nitro benzene ring substituents is 2. The maximum absolute atomic E-state index is 11.7. The zero-order valence-corrected chi connectivity index (χ0v) is 10.9. The number of hydrogen-bond donors (Lipinski definition) is 1. The molecule has 1 saturated carbocycles. The van der Waals surface area contributed by atoms with Crippen LogP contribution in [0.4, 0.5) is 11.4 Å². The Morgan fingerprint density at radius 2 is 1.76 bits per heavy atom. The first-order chi connectivity index (χ1) is 9.88. The highest BCUT2D eigenvalue weighted by molar-refractivity contribution is 5.74. The predicted octanol–water partition coefficient (Wildman–Crippen LogP) is 1.28. The SMILES string of the molecule is N[C@H]1CC[C@@H]1C(=O)OCc1cc([N+](=O)[O-])cc([N+](=O)[O-])c1. The lowest BCUT2D eigenvalue weighted by Crippen LogP contribution is -2.44. The highest BCUT2D eigenvalue weighted by Crippen LogP contribution is 2.28. The van der Waals surface area contributed by atoms with E-state index in [2.05, 4.69) is 0 Å². The van der Waals surface area contributed by atoms with E-state index in [4.69, 9.17) is 10.5 Å². The molecule has 0 aliphatic heterocycles. The third-order valence-corrected chi connectivity index (χ3v) is 3.40. The van der Waals surface area contributed by atoms with Gasteiger partial charge >= 0.3 is 5.97 Å². The van der Waals surface area contributed by atoms with Crippen molar-refractivity contribution in [3.63, 3.8) is 0 Å². The first kappa shape index (κ1) is 14.9. The van der Waals surface area contributed by atoms with Gasteiger partial charge in [0.1, 0.15) is 6.61 Å². The van der Waals surface area contributed by atoms with E-state index >= 15 is 0 Å². The lowest BCUT2D eigenvalue weighted by atomic mass is 9.80. The lowest BCUT2D eigenvalue weighted by molar-refractivity contribution is -0.394. The van der Waals surface area contributed by atoms with Crippen molar-refractivity contribution in [3.8, 4) is 0 Å². The van der Waals surface area contributed by atoms with Gasteiger partial charge in [0.15, 0.2) is 0 Å². The smallest absolute Gasteiger partial charge is 0.310 e.